The average Bonchev–Trinajstić information content (AvgIpc) is 3.21. The van der Waals surface area contributed by atoms with E-state index < -0.39 is 31.4 Å². The van der Waals surface area contributed by atoms with Gasteiger partial charge in [0.15, 0.2) is 5.69 Å². The highest BCUT2D eigenvalue weighted by atomic mass is 32.2. The number of nitro groups is 1. The molecule has 0 radical (unpaired) electrons. The first-order valence-electron chi connectivity index (χ1n) is 11.6. The number of carbonyl (C=O) groups excluding carboxylic acids is 1. The van der Waals surface area contributed by atoms with Crippen LogP contribution in [-0.2, 0) is 10.0 Å². The molecular formula is C24H29N5O7S. The molecule has 1 aromatic heterocycles. The normalized spacial score (nSPS) is 11.2. The second kappa shape index (κ2) is 11.8. The predicted molar refractivity (Wildman–Crippen MR) is 136 cm³/mol. The molecule has 37 heavy (non-hydrogen) atoms. The molecule has 0 spiro atoms. The van der Waals surface area contributed by atoms with Crippen LogP contribution in [0.1, 0.15) is 42.7 Å². The van der Waals surface area contributed by atoms with Gasteiger partial charge < -0.3 is 14.8 Å². The minimum atomic E-state index is -4.16. The summed E-state index contributed by atoms with van der Waals surface area (Å²) in [5.41, 5.74) is 0.551. The van der Waals surface area contributed by atoms with E-state index in [0.717, 1.165) is 18.6 Å². The van der Waals surface area contributed by atoms with Crippen molar-refractivity contribution in [3.8, 4) is 23.1 Å². The summed E-state index contributed by atoms with van der Waals surface area (Å²) in [6.07, 6.45) is 1.24. The number of ether oxygens (including phenoxy) is 2. The third-order valence-corrected chi connectivity index (χ3v) is 6.79. The molecule has 0 bridgehead atoms. The van der Waals surface area contributed by atoms with E-state index in [1.807, 2.05) is 6.92 Å². The zero-order chi connectivity index (χ0) is 27.2. The fraction of sp³-hybridized carbons (Fsp3) is 0.333. The van der Waals surface area contributed by atoms with Crippen LogP contribution in [0, 0.1) is 17.0 Å². The number of benzene rings is 2. The van der Waals surface area contributed by atoms with Crippen molar-refractivity contribution >= 4 is 21.6 Å². The molecule has 13 heteroatoms. The van der Waals surface area contributed by atoms with Gasteiger partial charge in [0.25, 0.3) is 11.6 Å². The summed E-state index contributed by atoms with van der Waals surface area (Å²) in [6.45, 7) is 5.90. The lowest BCUT2D eigenvalue weighted by atomic mass is 10.2. The van der Waals surface area contributed by atoms with Crippen molar-refractivity contribution in [2.75, 3.05) is 20.2 Å². The quantitative estimate of drug-likeness (QED) is 0.265. The number of methoxy groups -OCH3 is 1. The Balaban J connectivity index is 2.18. The summed E-state index contributed by atoms with van der Waals surface area (Å²) in [5.74, 6) is 0.0967. The average molecular weight is 532 g/mol. The van der Waals surface area contributed by atoms with E-state index in [0.29, 0.717) is 30.0 Å². The van der Waals surface area contributed by atoms with Gasteiger partial charge in [-0.3, -0.25) is 14.9 Å². The molecule has 0 fully saturated rings. The van der Waals surface area contributed by atoms with Gasteiger partial charge >= 0.3 is 0 Å². The first-order valence-corrected chi connectivity index (χ1v) is 13.1. The Labute approximate surface area is 214 Å². The van der Waals surface area contributed by atoms with Crippen molar-refractivity contribution in [2.24, 2.45) is 0 Å². The van der Waals surface area contributed by atoms with Gasteiger partial charge in [-0.05, 0) is 50.1 Å². The monoisotopic (exact) mass is 531 g/mol. The molecule has 1 heterocycles. The second-order valence-electron chi connectivity index (χ2n) is 8.03. The number of rotatable bonds is 12. The van der Waals surface area contributed by atoms with Crippen LogP contribution in [-0.4, -0.2) is 49.2 Å². The minimum Gasteiger partial charge on any atom is -0.497 e. The topological polar surface area (TPSA) is 155 Å². The summed E-state index contributed by atoms with van der Waals surface area (Å²) in [5, 5.41) is 18.6. The van der Waals surface area contributed by atoms with Gasteiger partial charge in [0.1, 0.15) is 16.4 Å². The van der Waals surface area contributed by atoms with E-state index in [-0.39, 0.29) is 23.9 Å². The molecule has 3 aromatic rings. The fourth-order valence-corrected chi connectivity index (χ4v) is 4.64. The van der Waals surface area contributed by atoms with E-state index in [4.69, 9.17) is 9.47 Å². The van der Waals surface area contributed by atoms with Crippen LogP contribution in [0.4, 0.5) is 5.69 Å². The molecule has 0 aliphatic heterocycles. The first-order chi connectivity index (χ1) is 17.6. The first kappa shape index (κ1) is 27.6. The second-order valence-corrected chi connectivity index (χ2v) is 9.77. The number of non-ortho nitro benzene ring substituents is 1. The summed E-state index contributed by atoms with van der Waals surface area (Å²) < 4.78 is 41.1. The van der Waals surface area contributed by atoms with Crippen LogP contribution in [0.5, 0.6) is 17.4 Å². The lowest BCUT2D eigenvalue weighted by molar-refractivity contribution is -0.385. The van der Waals surface area contributed by atoms with Crippen molar-refractivity contribution in [3.05, 3.63) is 63.8 Å². The fourth-order valence-electron chi connectivity index (χ4n) is 3.36. The zero-order valence-electron chi connectivity index (χ0n) is 21.0. The van der Waals surface area contributed by atoms with E-state index in [1.165, 1.54) is 17.9 Å². The highest BCUT2D eigenvalue weighted by Crippen LogP contribution is 2.36. The number of nitrogens with one attached hydrogen (secondary N) is 2. The number of aromatic nitrogens is 2. The lowest BCUT2D eigenvalue weighted by Crippen LogP contribution is -2.25. The highest BCUT2D eigenvalue weighted by molar-refractivity contribution is 7.89. The molecule has 198 valence electrons. The van der Waals surface area contributed by atoms with Gasteiger partial charge in [0, 0.05) is 30.8 Å². The summed E-state index contributed by atoms with van der Waals surface area (Å²) >= 11 is 0. The third-order valence-electron chi connectivity index (χ3n) is 5.31. The third kappa shape index (κ3) is 6.24. The van der Waals surface area contributed by atoms with Crippen LogP contribution >= 0.6 is 0 Å². The Morgan fingerprint density at radius 3 is 2.38 bits per heavy atom. The Bertz CT molecular complexity index is 1390. The minimum absolute atomic E-state index is 0.0765. The predicted octanol–water partition coefficient (Wildman–Crippen LogP) is 3.72. The van der Waals surface area contributed by atoms with E-state index in [1.54, 1.807) is 38.1 Å². The van der Waals surface area contributed by atoms with Crippen molar-refractivity contribution in [3.63, 3.8) is 0 Å². The summed E-state index contributed by atoms with van der Waals surface area (Å²) in [7, 11) is -2.63. The Kier molecular flexibility index (Phi) is 8.84. The molecule has 3 rings (SSSR count). The Morgan fingerprint density at radius 2 is 1.78 bits per heavy atom. The maximum Gasteiger partial charge on any atom is 0.272 e. The van der Waals surface area contributed by atoms with Crippen molar-refractivity contribution in [2.45, 2.75) is 38.5 Å². The largest absolute Gasteiger partial charge is 0.497 e. The van der Waals surface area contributed by atoms with Gasteiger partial charge in [-0.1, -0.05) is 13.8 Å². The molecule has 0 saturated heterocycles. The Hall–Kier alpha value is -3.97. The van der Waals surface area contributed by atoms with Crippen molar-refractivity contribution < 1.29 is 27.6 Å². The summed E-state index contributed by atoms with van der Waals surface area (Å²) in [6, 6.07) is 10.1. The molecule has 0 aliphatic carbocycles. The molecule has 0 aliphatic rings. The standard InChI is InChI=1S/C24H29N5O7S/c1-5-13-25-23(30)22-16(3)24(28(27-22)17-7-10-19(35-4)11-8-17)36-20-12-9-18(29(31)32)15-21(20)37(33,34)26-14-6-2/h7-12,15,26H,5-6,13-14H2,1-4H3,(H,25,30). The van der Waals surface area contributed by atoms with Gasteiger partial charge in [-0.25, -0.2) is 13.1 Å². The molecule has 0 unspecified atom stereocenters. The maximum absolute atomic E-state index is 13.0. The van der Waals surface area contributed by atoms with Crippen LogP contribution < -0.4 is 19.5 Å². The van der Waals surface area contributed by atoms with Crippen LogP contribution in [0.15, 0.2) is 47.4 Å². The van der Waals surface area contributed by atoms with Crippen LogP contribution in [0.3, 0.4) is 0 Å². The SMILES string of the molecule is CCCNC(=O)c1nn(-c2ccc(OC)cc2)c(Oc2ccc([N+](=O)[O-])cc2S(=O)(=O)NCCC)c1C. The lowest BCUT2D eigenvalue weighted by Gasteiger charge is -2.14. The maximum atomic E-state index is 13.0. The number of nitro benzene ring substituents is 1. The smallest absolute Gasteiger partial charge is 0.272 e. The van der Waals surface area contributed by atoms with Gasteiger partial charge in [0.05, 0.1) is 17.7 Å². The number of amides is 1. The van der Waals surface area contributed by atoms with Crippen molar-refractivity contribution in [1.29, 1.82) is 0 Å². The summed E-state index contributed by atoms with van der Waals surface area (Å²) in [4.78, 5) is 23.1. The molecule has 0 saturated carbocycles. The van der Waals surface area contributed by atoms with E-state index in [9.17, 15) is 23.3 Å². The molecular weight excluding hydrogens is 502 g/mol. The van der Waals surface area contributed by atoms with Crippen LogP contribution in [0.25, 0.3) is 5.69 Å². The molecule has 1 amide bonds. The van der Waals surface area contributed by atoms with Gasteiger partial charge in [0.2, 0.25) is 15.9 Å². The number of hydrogen-bond acceptors (Lipinski definition) is 8. The number of carbonyl (C=O) groups is 1. The van der Waals surface area contributed by atoms with Gasteiger partial charge in [-0.15, -0.1) is 0 Å². The molecule has 2 N–H and O–H groups in total. The molecule has 0 atom stereocenters. The highest BCUT2D eigenvalue weighted by Gasteiger charge is 2.27. The number of hydrogen-bond donors (Lipinski definition) is 2. The number of sulfonamides is 1. The Morgan fingerprint density at radius 1 is 1.11 bits per heavy atom. The van der Waals surface area contributed by atoms with Crippen molar-refractivity contribution in [1.82, 2.24) is 19.8 Å². The molecule has 12 nitrogen and oxygen atoms in total. The molecule has 2 aromatic carbocycles. The van der Waals surface area contributed by atoms with E-state index in [2.05, 4.69) is 15.1 Å². The van der Waals surface area contributed by atoms with Crippen LogP contribution in [0.2, 0.25) is 0 Å². The van der Waals surface area contributed by atoms with E-state index >= 15 is 0 Å². The zero-order valence-corrected chi connectivity index (χ0v) is 21.8. The number of nitrogens with zero attached hydrogens (tertiary/aromatic N) is 3. The van der Waals surface area contributed by atoms with Gasteiger partial charge in [-0.2, -0.15) is 9.78 Å².